The van der Waals surface area contributed by atoms with Gasteiger partial charge in [0.15, 0.2) is 0 Å². The van der Waals surface area contributed by atoms with E-state index in [2.05, 4.69) is 24.0 Å². The summed E-state index contributed by atoms with van der Waals surface area (Å²) in [6, 6.07) is 6.75. The van der Waals surface area contributed by atoms with Gasteiger partial charge in [-0.25, -0.2) is 0 Å². The molecule has 0 aromatic heterocycles. The van der Waals surface area contributed by atoms with Gasteiger partial charge in [-0.05, 0) is 147 Å². The van der Waals surface area contributed by atoms with Crippen LogP contribution in [0.5, 0.6) is 0 Å². The van der Waals surface area contributed by atoms with Gasteiger partial charge in [-0.2, -0.15) is 0 Å². The average Bonchev–Trinajstić information content (AvgIpc) is 2.71. The molecular weight excluding hydrogens is 360 g/mol. The Balaban J connectivity index is 1.41. The van der Waals surface area contributed by atoms with Gasteiger partial charge in [-0.15, -0.1) is 12.8 Å². The zero-order valence-corrected chi connectivity index (χ0v) is 18.2. The fourth-order valence-corrected chi connectivity index (χ4v) is 11.1. The van der Waals surface area contributed by atoms with Crippen LogP contribution in [-0.4, -0.2) is 0 Å². The molecule has 8 aliphatic rings. The summed E-state index contributed by atoms with van der Waals surface area (Å²) in [6.07, 6.45) is 28.5. The van der Waals surface area contributed by atoms with E-state index in [9.17, 15) is 0 Å². The minimum atomic E-state index is 0.525. The Labute approximate surface area is 182 Å². The topological polar surface area (TPSA) is 0 Å². The summed E-state index contributed by atoms with van der Waals surface area (Å²) >= 11 is 0. The van der Waals surface area contributed by atoms with Crippen LogP contribution in [-0.2, 0) is 0 Å². The van der Waals surface area contributed by atoms with E-state index >= 15 is 0 Å². The maximum Gasteiger partial charge on any atom is 0.0257 e. The second kappa shape index (κ2) is 5.98. The third kappa shape index (κ3) is 2.27. The molecule has 0 aliphatic heterocycles. The standard InChI is InChI=1S/C30H34/c1-3-19-5-20(4-2)11-26(10-19)28-27-12-24-9-25(13-27)18-30(28,17-24)29-14-21-6-22(15-29)8-23(7-21)16-29/h1-2,5,10-11,21-25,27-28H,6-9,12-18H2. The number of rotatable bonds is 2. The van der Waals surface area contributed by atoms with E-state index in [4.69, 9.17) is 12.8 Å². The van der Waals surface area contributed by atoms with Crippen LogP contribution in [0.2, 0.25) is 0 Å². The molecule has 3 atom stereocenters. The SMILES string of the molecule is C#Cc1cc(C#C)cc(C2C3CC4CC(C3)CC2(C23CC5CC(CC(C5)C2)C3)C4)c1. The third-order valence-corrected chi connectivity index (χ3v) is 11.1. The van der Waals surface area contributed by atoms with Crippen molar-refractivity contribution in [2.24, 2.45) is 46.3 Å². The van der Waals surface area contributed by atoms with Crippen LogP contribution in [0.4, 0.5) is 0 Å². The van der Waals surface area contributed by atoms with Crippen molar-refractivity contribution in [2.45, 2.75) is 76.5 Å². The molecule has 30 heavy (non-hydrogen) atoms. The maximum absolute atomic E-state index is 5.88. The summed E-state index contributed by atoms with van der Waals surface area (Å²) in [7, 11) is 0. The molecule has 0 amide bonds. The third-order valence-electron chi connectivity index (χ3n) is 11.1. The normalized spacial score (nSPS) is 49.7. The first-order chi connectivity index (χ1) is 14.6. The van der Waals surface area contributed by atoms with Crippen molar-refractivity contribution in [2.75, 3.05) is 0 Å². The van der Waals surface area contributed by atoms with Gasteiger partial charge in [0.25, 0.3) is 0 Å². The highest BCUT2D eigenvalue weighted by atomic mass is 14.7. The molecule has 1 aromatic carbocycles. The summed E-state index contributed by atoms with van der Waals surface area (Å²) < 4.78 is 0. The Morgan fingerprint density at radius 3 is 1.57 bits per heavy atom. The lowest BCUT2D eigenvalue weighted by Gasteiger charge is -2.73. The molecule has 8 fully saturated rings. The fraction of sp³-hybridized carbons (Fsp3) is 0.667. The van der Waals surface area contributed by atoms with Crippen molar-refractivity contribution < 1.29 is 0 Å². The van der Waals surface area contributed by atoms with Crippen molar-refractivity contribution in [1.29, 1.82) is 0 Å². The molecule has 0 N–H and O–H groups in total. The van der Waals surface area contributed by atoms with Gasteiger partial charge in [-0.3, -0.25) is 0 Å². The summed E-state index contributed by atoms with van der Waals surface area (Å²) in [5, 5.41) is 0. The van der Waals surface area contributed by atoms with E-state index in [0.29, 0.717) is 16.7 Å². The molecule has 0 nitrogen and oxygen atoms in total. The molecule has 9 rings (SSSR count). The van der Waals surface area contributed by atoms with E-state index < -0.39 is 0 Å². The largest absolute Gasteiger partial charge is 0.115 e. The molecule has 8 aliphatic carbocycles. The molecular formula is C30H34. The molecule has 0 heterocycles. The molecule has 8 bridgehead atoms. The van der Waals surface area contributed by atoms with Crippen LogP contribution in [0.3, 0.4) is 0 Å². The second-order valence-corrected chi connectivity index (χ2v) is 12.6. The summed E-state index contributed by atoms with van der Waals surface area (Å²) in [5.74, 6) is 12.5. The molecule has 1 aromatic rings. The van der Waals surface area contributed by atoms with E-state index in [-0.39, 0.29) is 0 Å². The highest BCUT2D eigenvalue weighted by molar-refractivity contribution is 5.47. The predicted octanol–water partition coefficient (Wildman–Crippen LogP) is 6.78. The zero-order valence-electron chi connectivity index (χ0n) is 18.2. The molecule has 0 spiro atoms. The van der Waals surface area contributed by atoms with Crippen molar-refractivity contribution in [3.05, 3.63) is 34.9 Å². The quantitative estimate of drug-likeness (QED) is 0.485. The molecule has 154 valence electrons. The monoisotopic (exact) mass is 394 g/mol. The first-order valence-electron chi connectivity index (χ1n) is 12.7. The van der Waals surface area contributed by atoms with Gasteiger partial charge in [0.2, 0.25) is 0 Å². The first kappa shape index (κ1) is 18.0. The van der Waals surface area contributed by atoms with Crippen LogP contribution in [0.25, 0.3) is 0 Å². The fourth-order valence-electron chi connectivity index (χ4n) is 11.1. The van der Waals surface area contributed by atoms with Crippen molar-refractivity contribution in [1.82, 2.24) is 0 Å². The van der Waals surface area contributed by atoms with Crippen LogP contribution in [0, 0.1) is 71.0 Å². The van der Waals surface area contributed by atoms with E-state index in [1.165, 1.54) is 37.7 Å². The van der Waals surface area contributed by atoms with Gasteiger partial charge in [0, 0.05) is 11.1 Å². The Morgan fingerprint density at radius 2 is 1.10 bits per heavy atom. The lowest BCUT2D eigenvalue weighted by Crippen LogP contribution is -2.63. The van der Waals surface area contributed by atoms with Crippen LogP contribution >= 0.6 is 0 Å². The second-order valence-electron chi connectivity index (χ2n) is 12.6. The Morgan fingerprint density at radius 1 is 0.633 bits per heavy atom. The predicted molar refractivity (Wildman–Crippen MR) is 122 cm³/mol. The lowest BCUT2D eigenvalue weighted by atomic mass is 9.32. The minimum absolute atomic E-state index is 0.525. The average molecular weight is 395 g/mol. The highest BCUT2D eigenvalue weighted by Gasteiger charge is 2.68. The molecule has 0 heteroatoms. The van der Waals surface area contributed by atoms with Gasteiger partial charge in [0.1, 0.15) is 0 Å². The van der Waals surface area contributed by atoms with Gasteiger partial charge in [-0.1, -0.05) is 11.8 Å². The summed E-state index contributed by atoms with van der Waals surface area (Å²) in [6.45, 7) is 0. The molecule has 0 saturated heterocycles. The number of hydrogen-bond acceptors (Lipinski definition) is 0. The number of benzene rings is 1. The Kier molecular flexibility index (Phi) is 3.58. The van der Waals surface area contributed by atoms with E-state index in [0.717, 1.165) is 46.6 Å². The zero-order chi connectivity index (χ0) is 20.1. The van der Waals surface area contributed by atoms with Crippen LogP contribution in [0.1, 0.15) is 93.2 Å². The van der Waals surface area contributed by atoms with Gasteiger partial charge < -0.3 is 0 Å². The van der Waals surface area contributed by atoms with Gasteiger partial charge in [0.05, 0.1) is 0 Å². The smallest absolute Gasteiger partial charge is 0.0257 e. The van der Waals surface area contributed by atoms with Crippen molar-refractivity contribution in [3.63, 3.8) is 0 Å². The number of terminal acetylenes is 2. The van der Waals surface area contributed by atoms with Crippen LogP contribution < -0.4 is 0 Å². The lowest BCUT2D eigenvalue weighted by molar-refractivity contribution is -0.211. The molecule has 8 saturated carbocycles. The Hall–Kier alpha value is -1.66. The summed E-state index contributed by atoms with van der Waals surface area (Å²) in [5.41, 5.74) is 4.64. The highest BCUT2D eigenvalue weighted by Crippen LogP contribution is 2.78. The van der Waals surface area contributed by atoms with Crippen molar-refractivity contribution in [3.8, 4) is 24.7 Å². The minimum Gasteiger partial charge on any atom is -0.115 e. The van der Waals surface area contributed by atoms with Gasteiger partial charge >= 0.3 is 0 Å². The first-order valence-corrected chi connectivity index (χ1v) is 12.7. The van der Waals surface area contributed by atoms with Crippen LogP contribution in [0.15, 0.2) is 18.2 Å². The van der Waals surface area contributed by atoms with E-state index in [1.807, 2.05) is 6.07 Å². The summed E-state index contributed by atoms with van der Waals surface area (Å²) in [4.78, 5) is 0. The number of hydrogen-bond donors (Lipinski definition) is 0. The van der Waals surface area contributed by atoms with E-state index in [1.54, 1.807) is 38.5 Å². The molecule has 0 radical (unpaired) electrons. The maximum atomic E-state index is 5.88. The Bertz CT molecular complexity index is 899. The van der Waals surface area contributed by atoms with Crippen molar-refractivity contribution >= 4 is 0 Å². The molecule has 3 unspecified atom stereocenters.